The van der Waals surface area contributed by atoms with Gasteiger partial charge in [0.05, 0.1) is 16.8 Å². The van der Waals surface area contributed by atoms with E-state index in [-0.39, 0.29) is 0 Å². The van der Waals surface area contributed by atoms with Crippen LogP contribution in [-0.4, -0.2) is 34.2 Å². The molecule has 0 amide bonds. The molecule has 0 bridgehead atoms. The standard InChI is InChI=1S/C10H18N2OS/c1-8-9(14-7-11-8)5-12(4)6-10(2,3)13/h7,13H,5-6H2,1-4H3. The summed E-state index contributed by atoms with van der Waals surface area (Å²) in [6, 6.07) is 0. The smallest absolute Gasteiger partial charge is 0.0798 e. The van der Waals surface area contributed by atoms with Crippen molar-refractivity contribution in [2.75, 3.05) is 13.6 Å². The third-order valence-corrected chi connectivity index (χ3v) is 2.84. The maximum Gasteiger partial charge on any atom is 0.0798 e. The van der Waals surface area contributed by atoms with Crippen molar-refractivity contribution in [1.82, 2.24) is 9.88 Å². The van der Waals surface area contributed by atoms with Crippen LogP contribution in [0.2, 0.25) is 0 Å². The van der Waals surface area contributed by atoms with Gasteiger partial charge in [-0.1, -0.05) is 0 Å². The quantitative estimate of drug-likeness (QED) is 0.828. The summed E-state index contributed by atoms with van der Waals surface area (Å²) in [6.07, 6.45) is 0. The number of thiazole rings is 1. The van der Waals surface area contributed by atoms with Crippen LogP contribution in [0.4, 0.5) is 0 Å². The van der Waals surface area contributed by atoms with Crippen molar-refractivity contribution in [3.8, 4) is 0 Å². The minimum atomic E-state index is -0.632. The first-order chi connectivity index (χ1) is 6.38. The van der Waals surface area contributed by atoms with Gasteiger partial charge in [0.15, 0.2) is 0 Å². The summed E-state index contributed by atoms with van der Waals surface area (Å²) in [4.78, 5) is 7.58. The molecule has 0 fully saturated rings. The maximum absolute atomic E-state index is 9.63. The van der Waals surface area contributed by atoms with E-state index in [1.54, 1.807) is 11.3 Å². The van der Waals surface area contributed by atoms with Crippen molar-refractivity contribution in [2.45, 2.75) is 32.9 Å². The molecule has 4 heteroatoms. The molecule has 14 heavy (non-hydrogen) atoms. The van der Waals surface area contributed by atoms with E-state index in [2.05, 4.69) is 9.88 Å². The largest absolute Gasteiger partial charge is 0.389 e. The van der Waals surface area contributed by atoms with Crippen molar-refractivity contribution < 1.29 is 5.11 Å². The molecule has 1 N–H and O–H groups in total. The van der Waals surface area contributed by atoms with Gasteiger partial charge in [-0.2, -0.15) is 0 Å². The van der Waals surface area contributed by atoms with Gasteiger partial charge in [0.1, 0.15) is 0 Å². The minimum absolute atomic E-state index is 0.632. The number of rotatable bonds is 4. The van der Waals surface area contributed by atoms with Gasteiger partial charge in [0.2, 0.25) is 0 Å². The summed E-state index contributed by atoms with van der Waals surface area (Å²) in [6.45, 7) is 7.20. The number of likely N-dealkylation sites (N-methyl/N-ethyl adjacent to an activating group) is 1. The molecule has 1 aromatic heterocycles. The first-order valence-corrected chi connectivity index (χ1v) is 5.56. The number of aromatic nitrogens is 1. The summed E-state index contributed by atoms with van der Waals surface area (Å²) in [5, 5.41) is 9.63. The Morgan fingerprint density at radius 2 is 2.21 bits per heavy atom. The van der Waals surface area contributed by atoms with Crippen molar-refractivity contribution in [2.24, 2.45) is 0 Å². The highest BCUT2D eigenvalue weighted by Crippen LogP contribution is 2.15. The van der Waals surface area contributed by atoms with Gasteiger partial charge in [0.25, 0.3) is 0 Å². The van der Waals surface area contributed by atoms with E-state index in [0.29, 0.717) is 6.54 Å². The van der Waals surface area contributed by atoms with Crippen LogP contribution in [0.3, 0.4) is 0 Å². The lowest BCUT2D eigenvalue weighted by Gasteiger charge is -2.24. The van der Waals surface area contributed by atoms with Crippen LogP contribution in [0.15, 0.2) is 5.51 Å². The first-order valence-electron chi connectivity index (χ1n) is 4.68. The lowest BCUT2D eigenvalue weighted by molar-refractivity contribution is 0.0427. The average Bonchev–Trinajstić information content (AvgIpc) is 2.32. The van der Waals surface area contributed by atoms with E-state index in [1.807, 2.05) is 33.3 Å². The zero-order chi connectivity index (χ0) is 10.8. The highest BCUT2D eigenvalue weighted by Gasteiger charge is 2.16. The normalized spacial score (nSPS) is 12.4. The Morgan fingerprint density at radius 1 is 1.57 bits per heavy atom. The molecule has 1 rings (SSSR count). The number of hydrogen-bond acceptors (Lipinski definition) is 4. The van der Waals surface area contributed by atoms with Gasteiger partial charge in [-0.3, -0.25) is 4.90 Å². The van der Waals surface area contributed by atoms with E-state index in [4.69, 9.17) is 0 Å². The van der Waals surface area contributed by atoms with Crippen LogP contribution in [0.25, 0.3) is 0 Å². The molecular formula is C10H18N2OS. The van der Waals surface area contributed by atoms with Gasteiger partial charge in [-0.15, -0.1) is 11.3 Å². The monoisotopic (exact) mass is 214 g/mol. The SMILES string of the molecule is Cc1ncsc1CN(C)CC(C)(C)O. The summed E-state index contributed by atoms with van der Waals surface area (Å²) in [5.41, 5.74) is 2.33. The fourth-order valence-electron chi connectivity index (χ4n) is 1.44. The molecule has 0 spiro atoms. The molecule has 0 unspecified atom stereocenters. The second kappa shape index (κ2) is 4.38. The third-order valence-electron chi connectivity index (χ3n) is 1.92. The van der Waals surface area contributed by atoms with Gasteiger partial charge >= 0.3 is 0 Å². The van der Waals surface area contributed by atoms with Crippen LogP contribution in [0.1, 0.15) is 24.4 Å². The number of hydrogen-bond donors (Lipinski definition) is 1. The Balaban J connectivity index is 2.50. The Labute approximate surface area is 89.4 Å². The van der Waals surface area contributed by atoms with Crippen molar-refractivity contribution in [3.05, 3.63) is 16.1 Å². The second-order valence-corrected chi connectivity index (χ2v) is 5.28. The predicted octanol–water partition coefficient (Wildman–Crippen LogP) is 1.65. The second-order valence-electron chi connectivity index (χ2n) is 4.35. The maximum atomic E-state index is 9.63. The summed E-state index contributed by atoms with van der Waals surface area (Å²) >= 11 is 1.67. The molecule has 1 aromatic rings. The van der Waals surface area contributed by atoms with E-state index in [1.165, 1.54) is 4.88 Å². The van der Waals surface area contributed by atoms with Crippen LogP contribution >= 0.6 is 11.3 Å². The lowest BCUT2D eigenvalue weighted by atomic mass is 10.1. The van der Waals surface area contributed by atoms with Crippen LogP contribution in [-0.2, 0) is 6.54 Å². The third kappa shape index (κ3) is 3.74. The highest BCUT2D eigenvalue weighted by atomic mass is 32.1. The van der Waals surface area contributed by atoms with Gasteiger partial charge < -0.3 is 5.11 Å². The molecule has 0 atom stereocenters. The lowest BCUT2D eigenvalue weighted by Crippen LogP contribution is -2.35. The molecule has 0 radical (unpaired) electrons. The summed E-state index contributed by atoms with van der Waals surface area (Å²) in [5.74, 6) is 0. The number of aliphatic hydroxyl groups is 1. The Morgan fingerprint density at radius 3 is 2.64 bits per heavy atom. The van der Waals surface area contributed by atoms with E-state index in [9.17, 15) is 5.11 Å². The first kappa shape index (κ1) is 11.6. The number of aryl methyl sites for hydroxylation is 1. The van der Waals surface area contributed by atoms with Crippen LogP contribution in [0.5, 0.6) is 0 Å². The fourth-order valence-corrected chi connectivity index (χ4v) is 2.30. The molecule has 0 aliphatic heterocycles. The Kier molecular flexibility index (Phi) is 3.64. The summed E-state index contributed by atoms with van der Waals surface area (Å²) < 4.78 is 0. The van der Waals surface area contributed by atoms with E-state index in [0.717, 1.165) is 12.2 Å². The molecule has 0 saturated carbocycles. The molecule has 80 valence electrons. The van der Waals surface area contributed by atoms with Gasteiger partial charge in [-0.25, -0.2) is 4.98 Å². The molecular weight excluding hydrogens is 196 g/mol. The molecule has 3 nitrogen and oxygen atoms in total. The van der Waals surface area contributed by atoms with Gasteiger partial charge in [-0.05, 0) is 27.8 Å². The fraction of sp³-hybridized carbons (Fsp3) is 0.700. The van der Waals surface area contributed by atoms with Crippen LogP contribution < -0.4 is 0 Å². The van der Waals surface area contributed by atoms with Crippen molar-refractivity contribution in [3.63, 3.8) is 0 Å². The van der Waals surface area contributed by atoms with E-state index >= 15 is 0 Å². The Bertz CT molecular complexity index is 291. The minimum Gasteiger partial charge on any atom is -0.389 e. The topological polar surface area (TPSA) is 36.4 Å². The van der Waals surface area contributed by atoms with Crippen molar-refractivity contribution >= 4 is 11.3 Å². The Hall–Kier alpha value is -0.450. The van der Waals surface area contributed by atoms with Crippen LogP contribution in [0, 0.1) is 6.92 Å². The van der Waals surface area contributed by atoms with Crippen molar-refractivity contribution in [1.29, 1.82) is 0 Å². The number of nitrogens with zero attached hydrogens (tertiary/aromatic N) is 2. The molecule has 0 aliphatic rings. The molecule has 0 aliphatic carbocycles. The molecule has 1 heterocycles. The average molecular weight is 214 g/mol. The predicted molar refractivity (Wildman–Crippen MR) is 59.5 cm³/mol. The zero-order valence-electron chi connectivity index (χ0n) is 9.24. The van der Waals surface area contributed by atoms with E-state index < -0.39 is 5.60 Å². The van der Waals surface area contributed by atoms with Gasteiger partial charge in [0, 0.05) is 18.0 Å². The molecule has 0 saturated heterocycles. The summed E-state index contributed by atoms with van der Waals surface area (Å²) in [7, 11) is 2.01. The highest BCUT2D eigenvalue weighted by molar-refractivity contribution is 7.09. The molecule has 0 aromatic carbocycles. The zero-order valence-corrected chi connectivity index (χ0v) is 10.1.